The summed E-state index contributed by atoms with van der Waals surface area (Å²) in [7, 11) is 0. The molecule has 2 aromatic heterocycles. The second-order valence-corrected chi connectivity index (χ2v) is 12.7. The molecule has 41 heavy (non-hydrogen) atoms. The van der Waals surface area contributed by atoms with Crippen molar-refractivity contribution in [2.75, 3.05) is 0 Å². The topological polar surface area (TPSA) is 108 Å². The minimum atomic E-state index is -0.769. The highest BCUT2D eigenvalue weighted by Crippen LogP contribution is 2.40. The van der Waals surface area contributed by atoms with Crippen molar-refractivity contribution in [2.45, 2.75) is 0 Å². The average molecular weight is 709 g/mol. The number of halogens is 4. The van der Waals surface area contributed by atoms with Gasteiger partial charge in [-0.1, -0.05) is 56.8 Å². The number of benzene rings is 3. The van der Waals surface area contributed by atoms with Gasteiger partial charge in [0.25, 0.3) is 5.69 Å². The number of esters is 2. The van der Waals surface area contributed by atoms with Crippen LogP contribution in [0, 0.1) is 10.1 Å². The zero-order valence-corrected chi connectivity index (χ0v) is 25.4. The molecule has 0 spiro atoms. The third kappa shape index (κ3) is 5.25. The molecule has 0 fully saturated rings. The fourth-order valence-electron chi connectivity index (χ4n) is 4.00. The van der Waals surface area contributed by atoms with Crippen LogP contribution in [0.25, 0.3) is 26.2 Å². The van der Waals surface area contributed by atoms with Crippen molar-refractivity contribution in [1.82, 2.24) is 0 Å². The fraction of sp³-hybridized carbons (Fsp3) is 0. The van der Waals surface area contributed by atoms with Crippen LogP contribution in [-0.4, -0.2) is 22.8 Å². The molecule has 5 aromatic rings. The van der Waals surface area contributed by atoms with Crippen molar-refractivity contribution in [1.29, 1.82) is 0 Å². The SMILES string of the molecule is O=C1OC(c2sc3cc(Cl)ccc3c2Cl)=N/C1=C/c1cc(Br)ccc1OC(=O)c1sc2cc([N+](=O)[O-])ccc2c1Cl. The third-order valence-corrected chi connectivity index (χ3v) is 9.89. The largest absolute Gasteiger partial charge is 0.422 e. The Kier molecular flexibility index (Phi) is 7.35. The predicted octanol–water partition coefficient (Wildman–Crippen LogP) is 9.31. The molecule has 3 aromatic carbocycles. The molecule has 1 aliphatic heterocycles. The summed E-state index contributed by atoms with van der Waals surface area (Å²) in [6, 6.07) is 14.2. The van der Waals surface area contributed by atoms with E-state index in [0.29, 0.717) is 35.0 Å². The maximum Gasteiger partial charge on any atom is 0.363 e. The Morgan fingerprint density at radius 3 is 2.51 bits per heavy atom. The summed E-state index contributed by atoms with van der Waals surface area (Å²) in [4.78, 5) is 41.4. The number of thiophene rings is 2. The van der Waals surface area contributed by atoms with Crippen molar-refractivity contribution in [3.63, 3.8) is 0 Å². The highest BCUT2D eigenvalue weighted by atomic mass is 79.9. The van der Waals surface area contributed by atoms with Crippen molar-refractivity contribution in [3.8, 4) is 5.75 Å². The zero-order chi connectivity index (χ0) is 29.0. The number of hydrogen-bond acceptors (Lipinski definition) is 9. The van der Waals surface area contributed by atoms with E-state index in [1.54, 1.807) is 30.3 Å². The minimum Gasteiger partial charge on any atom is -0.422 e. The lowest BCUT2D eigenvalue weighted by Gasteiger charge is -2.08. The van der Waals surface area contributed by atoms with E-state index in [2.05, 4.69) is 20.9 Å². The Labute approximate surface area is 261 Å². The number of aliphatic imine (C=N–C) groups is 1. The first-order valence-corrected chi connectivity index (χ1v) is 14.9. The number of nitro benzene ring substituents is 1. The van der Waals surface area contributed by atoms with Crippen LogP contribution in [0.4, 0.5) is 5.69 Å². The van der Waals surface area contributed by atoms with Crippen molar-refractivity contribution in [3.05, 3.63) is 105 Å². The lowest BCUT2D eigenvalue weighted by atomic mass is 10.1. The van der Waals surface area contributed by atoms with Gasteiger partial charge in [-0.05, 0) is 42.5 Å². The molecule has 6 rings (SSSR count). The quantitative estimate of drug-likeness (QED) is 0.0592. The normalized spacial score (nSPS) is 14.1. The molecule has 0 saturated carbocycles. The third-order valence-electron chi connectivity index (χ3n) is 5.88. The molecule has 3 heterocycles. The van der Waals surface area contributed by atoms with Crippen LogP contribution in [-0.2, 0) is 9.53 Å². The Balaban J connectivity index is 1.34. The van der Waals surface area contributed by atoms with Gasteiger partial charge in [-0.3, -0.25) is 10.1 Å². The summed E-state index contributed by atoms with van der Waals surface area (Å²) in [5, 5.41) is 13.4. The summed E-state index contributed by atoms with van der Waals surface area (Å²) >= 11 is 24.7. The van der Waals surface area contributed by atoms with Crippen LogP contribution in [0.1, 0.15) is 20.1 Å². The number of rotatable bonds is 5. The lowest BCUT2D eigenvalue weighted by molar-refractivity contribution is -0.384. The zero-order valence-electron chi connectivity index (χ0n) is 19.9. The van der Waals surface area contributed by atoms with E-state index in [1.807, 2.05) is 0 Å². The molecule has 0 saturated heterocycles. The fourth-order valence-corrected chi connectivity index (χ4v) is 7.51. The Morgan fingerprint density at radius 1 is 1.00 bits per heavy atom. The van der Waals surface area contributed by atoms with E-state index in [9.17, 15) is 19.7 Å². The van der Waals surface area contributed by atoms with Gasteiger partial charge in [0.05, 0.1) is 15.0 Å². The first kappa shape index (κ1) is 27.8. The molecule has 0 amide bonds. The molecule has 0 bridgehead atoms. The van der Waals surface area contributed by atoms with Crippen LogP contribution in [0.2, 0.25) is 15.1 Å². The van der Waals surface area contributed by atoms with E-state index >= 15 is 0 Å². The monoisotopic (exact) mass is 706 g/mol. The lowest BCUT2D eigenvalue weighted by Crippen LogP contribution is -2.08. The van der Waals surface area contributed by atoms with Gasteiger partial charge in [-0.25, -0.2) is 14.6 Å². The van der Waals surface area contributed by atoms with E-state index in [-0.39, 0.29) is 32.9 Å². The number of hydrogen-bond donors (Lipinski definition) is 0. The van der Waals surface area contributed by atoms with Crippen LogP contribution in [0.3, 0.4) is 0 Å². The molecular formula is C27H10BrCl3N2O6S2. The van der Waals surface area contributed by atoms with Gasteiger partial charge >= 0.3 is 11.9 Å². The molecule has 0 aliphatic carbocycles. The summed E-state index contributed by atoms with van der Waals surface area (Å²) < 4.78 is 13.0. The predicted molar refractivity (Wildman–Crippen MR) is 165 cm³/mol. The Bertz CT molecular complexity index is 2030. The van der Waals surface area contributed by atoms with E-state index in [1.165, 1.54) is 41.7 Å². The van der Waals surface area contributed by atoms with Gasteiger partial charge in [-0.15, -0.1) is 22.7 Å². The highest BCUT2D eigenvalue weighted by Gasteiger charge is 2.29. The second-order valence-electron chi connectivity index (χ2n) is 8.48. The Morgan fingerprint density at radius 2 is 1.73 bits per heavy atom. The standard InChI is InChI=1S/C27H10BrCl3N2O6S2/c28-12-1-6-18(38-27(35)24-22(31)16-5-3-14(33(36)37)10-20(16)41-24)11(7-12)8-17-26(34)39-25(32-17)23-21(30)15-4-2-13(29)9-19(15)40-23/h1-10H/b17-8+. The molecule has 0 radical (unpaired) electrons. The minimum absolute atomic E-state index is 0.0332. The number of carbonyl (C=O) groups excluding carboxylic acids is 2. The number of cyclic esters (lactones) is 1. The Hall–Kier alpha value is -3.32. The van der Waals surface area contributed by atoms with Gasteiger partial charge in [0.1, 0.15) is 15.5 Å². The van der Waals surface area contributed by atoms with Gasteiger partial charge in [-0.2, -0.15) is 0 Å². The molecule has 204 valence electrons. The maximum atomic E-state index is 13.1. The van der Waals surface area contributed by atoms with Gasteiger partial charge in [0, 0.05) is 47.4 Å². The van der Waals surface area contributed by atoms with E-state index in [4.69, 9.17) is 44.3 Å². The van der Waals surface area contributed by atoms with Gasteiger partial charge < -0.3 is 9.47 Å². The van der Waals surface area contributed by atoms with Crippen LogP contribution in [0.5, 0.6) is 5.75 Å². The molecule has 1 aliphatic rings. The number of ether oxygens (including phenoxy) is 2. The average Bonchev–Trinajstić information content (AvgIpc) is 3.57. The number of non-ortho nitro benzene ring substituents is 1. The molecule has 8 nitrogen and oxygen atoms in total. The molecule has 0 atom stereocenters. The maximum absolute atomic E-state index is 13.1. The number of nitro groups is 1. The van der Waals surface area contributed by atoms with E-state index < -0.39 is 16.9 Å². The molecular weight excluding hydrogens is 699 g/mol. The summed E-state index contributed by atoms with van der Waals surface area (Å²) in [5.41, 5.74) is 0.196. The molecule has 0 N–H and O–H groups in total. The number of fused-ring (bicyclic) bond motifs is 2. The first-order valence-electron chi connectivity index (χ1n) is 11.4. The number of nitrogens with zero attached hydrogens (tertiary/aromatic N) is 2. The highest BCUT2D eigenvalue weighted by molar-refractivity contribution is 9.10. The molecule has 0 unspecified atom stereocenters. The van der Waals surface area contributed by atoms with Gasteiger partial charge in [0.2, 0.25) is 5.90 Å². The second kappa shape index (κ2) is 10.8. The number of carbonyl (C=O) groups is 2. The smallest absolute Gasteiger partial charge is 0.363 e. The van der Waals surface area contributed by atoms with Crippen LogP contribution in [0.15, 0.2) is 69.8 Å². The molecule has 14 heteroatoms. The summed E-state index contributed by atoms with van der Waals surface area (Å²) in [6.45, 7) is 0. The van der Waals surface area contributed by atoms with Crippen molar-refractivity contribution >= 4 is 123 Å². The summed E-state index contributed by atoms with van der Waals surface area (Å²) in [6.07, 6.45) is 1.43. The van der Waals surface area contributed by atoms with Crippen LogP contribution < -0.4 is 4.74 Å². The van der Waals surface area contributed by atoms with Gasteiger partial charge in [0.15, 0.2) is 5.70 Å². The first-order chi connectivity index (χ1) is 19.6. The van der Waals surface area contributed by atoms with E-state index in [0.717, 1.165) is 21.4 Å². The van der Waals surface area contributed by atoms with Crippen molar-refractivity contribution < 1.29 is 24.0 Å². The summed E-state index contributed by atoms with van der Waals surface area (Å²) in [5.74, 6) is -1.31. The van der Waals surface area contributed by atoms with Crippen LogP contribution >= 0.6 is 73.4 Å². The van der Waals surface area contributed by atoms with Crippen molar-refractivity contribution in [2.24, 2.45) is 4.99 Å².